The highest BCUT2D eigenvalue weighted by atomic mass is 32.1. The van der Waals surface area contributed by atoms with Gasteiger partial charge < -0.3 is 0 Å². The number of hydrogen-bond donors (Lipinski definition) is 1. The Balaban J connectivity index is 2.22. The number of rotatable bonds is 1. The van der Waals surface area contributed by atoms with E-state index in [9.17, 15) is 18.0 Å². The van der Waals surface area contributed by atoms with E-state index in [1.165, 1.54) is 12.1 Å². The summed E-state index contributed by atoms with van der Waals surface area (Å²) in [7, 11) is 0. The molecule has 0 atom stereocenters. The van der Waals surface area contributed by atoms with Crippen LogP contribution in [0.25, 0.3) is 21.5 Å². The zero-order valence-corrected chi connectivity index (χ0v) is 10.4. The van der Waals surface area contributed by atoms with Crippen molar-refractivity contribution in [2.45, 2.75) is 6.18 Å². The number of alkyl halides is 3. The Morgan fingerprint density at radius 1 is 1.25 bits per heavy atom. The topological polar surface area (TPSA) is 71.5 Å². The van der Waals surface area contributed by atoms with Crippen molar-refractivity contribution in [2.75, 3.05) is 0 Å². The molecule has 0 aliphatic rings. The van der Waals surface area contributed by atoms with Gasteiger partial charge in [0.2, 0.25) is 0 Å². The minimum absolute atomic E-state index is 0.193. The lowest BCUT2D eigenvalue weighted by molar-refractivity contribution is -0.137. The highest BCUT2D eigenvalue weighted by molar-refractivity contribution is 7.13. The van der Waals surface area contributed by atoms with Gasteiger partial charge in [-0.25, -0.2) is 5.10 Å². The summed E-state index contributed by atoms with van der Waals surface area (Å²) >= 11 is 0.871. The Hall–Kier alpha value is -2.29. The summed E-state index contributed by atoms with van der Waals surface area (Å²) in [6, 6.07) is 4.70. The predicted octanol–water partition coefficient (Wildman–Crippen LogP) is 2.46. The summed E-state index contributed by atoms with van der Waals surface area (Å²) in [5.74, 6) is 0. The smallest absolute Gasteiger partial charge is 0.266 e. The van der Waals surface area contributed by atoms with Crippen LogP contribution in [-0.2, 0) is 6.18 Å². The van der Waals surface area contributed by atoms with Crippen molar-refractivity contribution in [3.05, 3.63) is 40.2 Å². The highest BCUT2D eigenvalue weighted by Gasteiger charge is 2.30. The Kier molecular flexibility index (Phi) is 2.78. The van der Waals surface area contributed by atoms with E-state index in [1.54, 1.807) is 0 Å². The van der Waals surface area contributed by atoms with E-state index in [0.717, 1.165) is 23.7 Å². The first-order valence-electron chi connectivity index (χ1n) is 5.35. The van der Waals surface area contributed by atoms with Gasteiger partial charge in [0.15, 0.2) is 0 Å². The van der Waals surface area contributed by atoms with Crippen LogP contribution in [0, 0.1) is 0 Å². The molecule has 5 nitrogen and oxygen atoms in total. The molecule has 0 aliphatic carbocycles. The van der Waals surface area contributed by atoms with Crippen LogP contribution < -0.4 is 5.56 Å². The second-order valence-corrected chi connectivity index (χ2v) is 4.70. The molecule has 0 amide bonds. The first-order chi connectivity index (χ1) is 9.47. The van der Waals surface area contributed by atoms with Crippen LogP contribution in [0.3, 0.4) is 0 Å². The van der Waals surface area contributed by atoms with E-state index >= 15 is 0 Å². The lowest BCUT2D eigenvalue weighted by Gasteiger charge is -2.07. The normalized spacial score (nSPS) is 11.9. The summed E-state index contributed by atoms with van der Waals surface area (Å²) in [6.07, 6.45) is -4.44. The third-order valence-corrected chi connectivity index (χ3v) is 3.47. The van der Waals surface area contributed by atoms with Crippen molar-refractivity contribution in [3.63, 3.8) is 0 Å². The lowest BCUT2D eigenvalue weighted by Crippen LogP contribution is -2.07. The van der Waals surface area contributed by atoms with Crippen molar-refractivity contribution in [2.24, 2.45) is 0 Å². The van der Waals surface area contributed by atoms with E-state index in [4.69, 9.17) is 0 Å². The van der Waals surface area contributed by atoms with Crippen LogP contribution in [0.2, 0.25) is 0 Å². The van der Waals surface area contributed by atoms with Gasteiger partial charge in [0, 0.05) is 5.56 Å². The van der Waals surface area contributed by atoms with E-state index in [1.807, 2.05) is 0 Å². The molecule has 0 saturated carbocycles. The quantitative estimate of drug-likeness (QED) is 0.749. The van der Waals surface area contributed by atoms with Crippen LogP contribution >= 0.6 is 11.5 Å². The van der Waals surface area contributed by atoms with Gasteiger partial charge >= 0.3 is 6.18 Å². The number of nitrogens with one attached hydrogen (secondary N) is 1. The molecule has 0 radical (unpaired) electrons. The number of fused-ring (bicyclic) bond motifs is 1. The van der Waals surface area contributed by atoms with Crippen molar-refractivity contribution < 1.29 is 13.2 Å². The zero-order valence-electron chi connectivity index (χ0n) is 9.60. The number of aromatic amines is 1. The Labute approximate surface area is 113 Å². The molecule has 102 valence electrons. The molecule has 0 saturated heterocycles. The van der Waals surface area contributed by atoms with E-state index in [-0.39, 0.29) is 21.5 Å². The van der Waals surface area contributed by atoms with Gasteiger partial charge in [-0.1, -0.05) is 17.3 Å². The fourth-order valence-corrected chi connectivity index (χ4v) is 2.46. The Bertz CT molecular complexity index is 839. The van der Waals surface area contributed by atoms with Crippen LogP contribution in [-0.4, -0.2) is 19.8 Å². The van der Waals surface area contributed by atoms with Crippen LogP contribution in [0.5, 0.6) is 0 Å². The molecule has 2 aromatic heterocycles. The molecule has 0 bridgehead atoms. The molecule has 3 rings (SSSR count). The van der Waals surface area contributed by atoms with Gasteiger partial charge in [0.25, 0.3) is 5.56 Å². The number of aromatic nitrogens is 4. The maximum Gasteiger partial charge on any atom is 0.416 e. The average molecular weight is 298 g/mol. The number of nitrogens with zero attached hydrogens (tertiary/aromatic N) is 3. The van der Waals surface area contributed by atoms with Crippen molar-refractivity contribution in [1.82, 2.24) is 19.8 Å². The second-order valence-electron chi connectivity index (χ2n) is 3.93. The van der Waals surface area contributed by atoms with Gasteiger partial charge in [-0.3, -0.25) is 4.79 Å². The minimum atomic E-state index is -4.44. The van der Waals surface area contributed by atoms with Gasteiger partial charge in [0.05, 0.1) is 5.56 Å². The Morgan fingerprint density at radius 3 is 2.80 bits per heavy atom. The van der Waals surface area contributed by atoms with Gasteiger partial charge in [-0.2, -0.15) is 17.5 Å². The summed E-state index contributed by atoms with van der Waals surface area (Å²) in [5, 5.41) is 9.28. The molecule has 0 spiro atoms. The largest absolute Gasteiger partial charge is 0.416 e. The SMILES string of the molecule is O=c1[nH]nnc2c(-c3cccc(C(F)(F)F)c3)nsc12. The number of halogens is 3. The summed E-state index contributed by atoms with van der Waals surface area (Å²) in [4.78, 5) is 11.5. The fraction of sp³-hybridized carbons (Fsp3) is 0.0909. The number of H-pyrrole nitrogens is 1. The molecule has 0 fully saturated rings. The maximum absolute atomic E-state index is 12.7. The molecule has 20 heavy (non-hydrogen) atoms. The maximum atomic E-state index is 12.7. The molecule has 9 heteroatoms. The fourth-order valence-electron chi connectivity index (χ4n) is 1.73. The minimum Gasteiger partial charge on any atom is -0.266 e. The van der Waals surface area contributed by atoms with Crippen LogP contribution in [0.1, 0.15) is 5.56 Å². The molecule has 0 unspecified atom stereocenters. The molecule has 2 heterocycles. The van der Waals surface area contributed by atoms with Gasteiger partial charge in [-0.15, -0.1) is 5.10 Å². The first-order valence-corrected chi connectivity index (χ1v) is 6.12. The summed E-state index contributed by atoms with van der Waals surface area (Å²) < 4.78 is 42.3. The standard InChI is InChI=1S/C11H5F3N4OS/c12-11(13,14)6-3-1-2-5(4-6)7-8-9(20-17-7)10(19)16-18-15-8/h1-4H,(H,15,16,19). The predicted molar refractivity (Wildman–Crippen MR) is 66.3 cm³/mol. The molecular weight excluding hydrogens is 293 g/mol. The van der Waals surface area contributed by atoms with Crippen molar-refractivity contribution >= 4 is 21.7 Å². The average Bonchev–Trinajstić information content (AvgIpc) is 2.83. The summed E-state index contributed by atoms with van der Waals surface area (Å²) in [5.41, 5.74) is -0.599. The Morgan fingerprint density at radius 2 is 2.05 bits per heavy atom. The van der Waals surface area contributed by atoms with Crippen molar-refractivity contribution in [1.29, 1.82) is 0 Å². The third kappa shape index (κ3) is 2.05. The zero-order chi connectivity index (χ0) is 14.3. The van der Waals surface area contributed by atoms with Crippen LogP contribution in [0.15, 0.2) is 29.1 Å². The molecule has 1 N–H and O–H groups in total. The monoisotopic (exact) mass is 298 g/mol. The molecular formula is C11H5F3N4OS. The van der Waals surface area contributed by atoms with E-state index in [2.05, 4.69) is 19.8 Å². The highest BCUT2D eigenvalue weighted by Crippen LogP contribution is 2.33. The van der Waals surface area contributed by atoms with E-state index in [0.29, 0.717) is 0 Å². The van der Waals surface area contributed by atoms with Crippen molar-refractivity contribution in [3.8, 4) is 11.3 Å². The van der Waals surface area contributed by atoms with Crippen LogP contribution in [0.4, 0.5) is 13.2 Å². The summed E-state index contributed by atoms with van der Waals surface area (Å²) in [6.45, 7) is 0. The first kappa shape index (κ1) is 12.7. The number of hydrogen-bond acceptors (Lipinski definition) is 5. The lowest BCUT2D eigenvalue weighted by atomic mass is 10.1. The molecule has 0 aliphatic heterocycles. The van der Waals surface area contributed by atoms with Gasteiger partial charge in [-0.05, 0) is 23.7 Å². The molecule has 1 aromatic carbocycles. The molecule has 3 aromatic rings. The number of benzene rings is 1. The second kappa shape index (κ2) is 4.37. The third-order valence-electron chi connectivity index (χ3n) is 2.64. The van der Waals surface area contributed by atoms with Gasteiger partial charge in [0.1, 0.15) is 15.9 Å². The van der Waals surface area contributed by atoms with E-state index < -0.39 is 17.3 Å².